The smallest absolute Gasteiger partial charge is 0.260 e. The molecule has 0 N–H and O–H groups in total. The van der Waals surface area contributed by atoms with Crippen LogP contribution in [0.1, 0.15) is 34.6 Å². The van der Waals surface area contributed by atoms with Crippen LogP contribution in [0.25, 0.3) is 5.69 Å². The van der Waals surface area contributed by atoms with Crippen molar-refractivity contribution in [2.45, 2.75) is 38.8 Å². The molecule has 3 aromatic rings. The second kappa shape index (κ2) is 7.64. The topological polar surface area (TPSA) is 89.3 Å². The van der Waals surface area contributed by atoms with Crippen molar-refractivity contribution in [1.29, 1.82) is 0 Å². The van der Waals surface area contributed by atoms with Gasteiger partial charge in [0.05, 0.1) is 19.5 Å². The maximum Gasteiger partial charge on any atom is 0.260 e. The summed E-state index contributed by atoms with van der Waals surface area (Å²) in [5.41, 5.74) is 3.02. The fourth-order valence-corrected chi connectivity index (χ4v) is 4.79. The Hall–Kier alpha value is -3.49. The summed E-state index contributed by atoms with van der Waals surface area (Å²) >= 11 is 0. The Kier molecular flexibility index (Phi) is 4.80. The Labute approximate surface area is 180 Å². The van der Waals surface area contributed by atoms with E-state index < -0.39 is 0 Å². The van der Waals surface area contributed by atoms with Crippen molar-refractivity contribution in [2.75, 3.05) is 25.1 Å². The first-order valence-electron chi connectivity index (χ1n) is 10.5. The lowest BCUT2D eigenvalue weighted by molar-refractivity contribution is 0.0713. The first-order chi connectivity index (χ1) is 15.0. The highest BCUT2D eigenvalue weighted by Gasteiger charge is 2.43. The highest BCUT2D eigenvalue weighted by atomic mass is 16.5. The van der Waals surface area contributed by atoms with Gasteiger partial charge in [-0.3, -0.25) is 4.79 Å². The average molecular weight is 419 g/mol. The standard InChI is InChI=1S/C22H25N7O2/c1-14-11-15(2)26-22(25-14)28-16-7-8-17(28)13-27(12-16)21(30)20-18(29-23-9-10-24-29)5-4-6-19(20)31-3/h4-6,9-11,16-17H,7-8,12-13H2,1-3H3. The number of nitrogens with zero attached hydrogens (tertiary/aromatic N) is 7. The minimum atomic E-state index is -0.0670. The number of carbonyl (C=O) groups excluding carboxylic acids is 1. The lowest BCUT2D eigenvalue weighted by Gasteiger charge is -2.41. The molecule has 2 atom stereocenters. The van der Waals surface area contributed by atoms with Gasteiger partial charge in [-0.15, -0.1) is 0 Å². The van der Waals surface area contributed by atoms with Crippen LogP contribution in [-0.4, -0.2) is 68.1 Å². The lowest BCUT2D eigenvalue weighted by atomic mass is 10.1. The molecule has 9 nitrogen and oxygen atoms in total. The van der Waals surface area contributed by atoms with Gasteiger partial charge in [-0.05, 0) is 44.9 Å². The van der Waals surface area contributed by atoms with E-state index in [1.807, 2.05) is 36.9 Å². The summed E-state index contributed by atoms with van der Waals surface area (Å²) in [5.74, 6) is 1.23. The molecule has 0 radical (unpaired) electrons. The van der Waals surface area contributed by atoms with Crippen molar-refractivity contribution in [1.82, 2.24) is 29.9 Å². The summed E-state index contributed by atoms with van der Waals surface area (Å²) in [6, 6.07) is 7.86. The molecule has 2 unspecified atom stereocenters. The van der Waals surface area contributed by atoms with E-state index in [9.17, 15) is 4.79 Å². The van der Waals surface area contributed by atoms with E-state index in [4.69, 9.17) is 4.74 Å². The van der Waals surface area contributed by atoms with Crippen LogP contribution in [0.4, 0.5) is 5.95 Å². The Morgan fingerprint density at radius 1 is 1.03 bits per heavy atom. The highest BCUT2D eigenvalue weighted by molar-refractivity contribution is 6.00. The van der Waals surface area contributed by atoms with Gasteiger partial charge in [-0.25, -0.2) is 9.97 Å². The minimum Gasteiger partial charge on any atom is -0.496 e. The average Bonchev–Trinajstić information content (AvgIpc) is 3.38. The molecule has 31 heavy (non-hydrogen) atoms. The van der Waals surface area contributed by atoms with Gasteiger partial charge in [-0.1, -0.05) is 6.07 Å². The second-order valence-electron chi connectivity index (χ2n) is 8.13. The van der Waals surface area contributed by atoms with E-state index in [0.29, 0.717) is 30.1 Å². The first-order valence-corrected chi connectivity index (χ1v) is 10.5. The van der Waals surface area contributed by atoms with Gasteiger partial charge in [0.2, 0.25) is 5.95 Å². The molecule has 5 rings (SSSR count). The molecular weight excluding hydrogens is 394 g/mol. The van der Waals surface area contributed by atoms with Crippen molar-refractivity contribution in [2.24, 2.45) is 0 Å². The Morgan fingerprint density at radius 2 is 1.68 bits per heavy atom. The monoisotopic (exact) mass is 419 g/mol. The minimum absolute atomic E-state index is 0.0670. The number of ether oxygens (including phenoxy) is 1. The number of piperazine rings is 1. The van der Waals surface area contributed by atoms with E-state index in [2.05, 4.69) is 25.1 Å². The third kappa shape index (κ3) is 3.39. The van der Waals surface area contributed by atoms with Crippen LogP contribution in [0, 0.1) is 13.8 Å². The zero-order valence-electron chi connectivity index (χ0n) is 17.9. The highest BCUT2D eigenvalue weighted by Crippen LogP contribution is 2.35. The van der Waals surface area contributed by atoms with Crippen LogP contribution in [0.5, 0.6) is 5.75 Å². The Balaban J connectivity index is 1.46. The fourth-order valence-electron chi connectivity index (χ4n) is 4.79. The lowest BCUT2D eigenvalue weighted by Crippen LogP contribution is -2.56. The molecule has 9 heteroatoms. The molecule has 160 valence electrons. The molecule has 0 aliphatic carbocycles. The van der Waals surface area contributed by atoms with Gasteiger partial charge in [0.1, 0.15) is 17.0 Å². The van der Waals surface area contributed by atoms with Crippen LogP contribution in [0.15, 0.2) is 36.7 Å². The largest absolute Gasteiger partial charge is 0.496 e. The summed E-state index contributed by atoms with van der Waals surface area (Å²) < 4.78 is 5.54. The number of anilines is 1. The SMILES string of the molecule is COc1cccc(-n2nccn2)c1C(=O)N1CC2CCC(C1)N2c1nc(C)cc(C)n1. The van der Waals surface area contributed by atoms with Gasteiger partial charge in [0, 0.05) is 36.6 Å². The number of methoxy groups -OCH3 is 1. The summed E-state index contributed by atoms with van der Waals surface area (Å²) in [6.45, 7) is 5.23. The number of amides is 1. The van der Waals surface area contributed by atoms with Crippen LogP contribution in [0.3, 0.4) is 0 Å². The molecule has 2 aliphatic rings. The molecule has 2 saturated heterocycles. The third-order valence-corrected chi connectivity index (χ3v) is 6.04. The van der Waals surface area contributed by atoms with Gasteiger partial charge in [0.15, 0.2) is 0 Å². The van der Waals surface area contributed by atoms with E-state index in [0.717, 1.165) is 30.2 Å². The number of rotatable bonds is 4. The van der Waals surface area contributed by atoms with Crippen molar-refractivity contribution in [3.05, 3.63) is 53.6 Å². The fraction of sp³-hybridized carbons (Fsp3) is 0.409. The van der Waals surface area contributed by atoms with Crippen LogP contribution < -0.4 is 9.64 Å². The van der Waals surface area contributed by atoms with E-state index in [-0.39, 0.29) is 18.0 Å². The predicted octanol–water partition coefficient (Wildman–Crippen LogP) is 2.18. The molecule has 2 aromatic heterocycles. The van der Waals surface area contributed by atoms with Crippen molar-refractivity contribution in [3.8, 4) is 11.4 Å². The molecule has 0 saturated carbocycles. The zero-order chi connectivity index (χ0) is 21.5. The normalized spacial score (nSPS) is 20.2. The Bertz CT molecular complexity index is 1080. The molecule has 2 fully saturated rings. The maximum absolute atomic E-state index is 13.7. The number of benzene rings is 1. The van der Waals surface area contributed by atoms with Crippen LogP contribution in [0.2, 0.25) is 0 Å². The number of hydrogen-bond donors (Lipinski definition) is 0. The Morgan fingerprint density at radius 3 is 2.29 bits per heavy atom. The van der Waals surface area contributed by atoms with Gasteiger partial charge in [-0.2, -0.15) is 15.0 Å². The summed E-state index contributed by atoms with van der Waals surface area (Å²) in [6.07, 6.45) is 5.22. The van der Waals surface area contributed by atoms with E-state index >= 15 is 0 Å². The molecule has 2 aliphatic heterocycles. The van der Waals surface area contributed by atoms with Crippen molar-refractivity contribution in [3.63, 3.8) is 0 Å². The molecular formula is C22H25N7O2. The number of aryl methyl sites for hydroxylation is 2. The predicted molar refractivity (Wildman–Crippen MR) is 115 cm³/mol. The summed E-state index contributed by atoms with van der Waals surface area (Å²) in [4.78, 5) is 28.7. The number of aromatic nitrogens is 5. The molecule has 1 aromatic carbocycles. The van der Waals surface area contributed by atoms with E-state index in [1.165, 1.54) is 4.80 Å². The molecule has 1 amide bonds. The summed E-state index contributed by atoms with van der Waals surface area (Å²) in [7, 11) is 1.57. The molecule has 4 heterocycles. The molecule has 2 bridgehead atoms. The van der Waals surface area contributed by atoms with Crippen LogP contribution >= 0.6 is 0 Å². The van der Waals surface area contributed by atoms with Gasteiger partial charge < -0.3 is 14.5 Å². The second-order valence-corrected chi connectivity index (χ2v) is 8.13. The quantitative estimate of drug-likeness (QED) is 0.640. The van der Waals surface area contributed by atoms with Crippen molar-refractivity contribution >= 4 is 11.9 Å². The number of carbonyl (C=O) groups is 1. The van der Waals surface area contributed by atoms with E-state index in [1.54, 1.807) is 25.6 Å². The van der Waals surface area contributed by atoms with Crippen molar-refractivity contribution < 1.29 is 9.53 Å². The summed E-state index contributed by atoms with van der Waals surface area (Å²) in [5, 5.41) is 8.43. The first kappa shape index (κ1) is 19.5. The number of fused-ring (bicyclic) bond motifs is 2. The van der Waals surface area contributed by atoms with Gasteiger partial charge >= 0.3 is 0 Å². The number of hydrogen-bond acceptors (Lipinski definition) is 7. The van der Waals surface area contributed by atoms with Gasteiger partial charge in [0.25, 0.3) is 5.91 Å². The molecule has 0 spiro atoms. The third-order valence-electron chi connectivity index (χ3n) is 6.04. The maximum atomic E-state index is 13.7. The van der Waals surface area contributed by atoms with Crippen LogP contribution in [-0.2, 0) is 0 Å². The number of likely N-dealkylation sites (tertiary alicyclic amines) is 1. The zero-order valence-corrected chi connectivity index (χ0v) is 17.9.